The molecule has 3 atom stereocenters. The lowest BCUT2D eigenvalue weighted by atomic mass is 9.86. The summed E-state index contributed by atoms with van der Waals surface area (Å²) in [7, 11) is 0. The number of benzene rings is 2. The van der Waals surface area contributed by atoms with E-state index in [1.165, 1.54) is 12.1 Å². The fourth-order valence-electron chi connectivity index (χ4n) is 4.17. The number of aliphatic hydroxyl groups is 1. The Bertz CT molecular complexity index is 1180. The van der Waals surface area contributed by atoms with Crippen molar-refractivity contribution in [3.63, 3.8) is 0 Å². The lowest BCUT2D eigenvalue weighted by molar-refractivity contribution is -0.125. The number of hydrogen-bond donors (Lipinski definition) is 3. The number of para-hydroxylation sites is 1. The molecule has 1 aliphatic carbocycles. The van der Waals surface area contributed by atoms with Gasteiger partial charge in [0, 0.05) is 18.5 Å². The van der Waals surface area contributed by atoms with E-state index in [-0.39, 0.29) is 35.9 Å². The van der Waals surface area contributed by atoms with Gasteiger partial charge >= 0.3 is 0 Å². The standard InChI is InChI=1S/C26H31FN4O3/c1-26(2,3)23(25(34)28-13-17-12-18(17)15-32)29-24(33)22-20-6-4-5-7-21(20)31(30-22)14-16-8-10-19(27)11-9-16/h4-11,17-18,23,32H,12-15H2,1-3H3,(H,28,34)(H,29,33)/t17-,18+,23-/m1/s1. The second-order valence-corrected chi connectivity index (χ2v) is 10.1. The number of rotatable bonds is 8. The molecule has 1 fully saturated rings. The Kier molecular flexibility index (Phi) is 6.70. The summed E-state index contributed by atoms with van der Waals surface area (Å²) in [6.45, 7) is 6.70. The van der Waals surface area contributed by atoms with Crippen LogP contribution in [0.4, 0.5) is 4.39 Å². The minimum absolute atomic E-state index is 0.133. The van der Waals surface area contributed by atoms with Crippen LogP contribution in [0.2, 0.25) is 0 Å². The van der Waals surface area contributed by atoms with Crippen molar-refractivity contribution in [2.75, 3.05) is 13.2 Å². The predicted octanol–water partition coefficient (Wildman–Crippen LogP) is 3.11. The minimum atomic E-state index is -0.757. The van der Waals surface area contributed by atoms with E-state index < -0.39 is 17.4 Å². The van der Waals surface area contributed by atoms with E-state index in [1.807, 2.05) is 45.0 Å². The number of carbonyl (C=O) groups is 2. The molecular weight excluding hydrogens is 435 g/mol. The Morgan fingerprint density at radius 2 is 1.85 bits per heavy atom. The van der Waals surface area contributed by atoms with Gasteiger partial charge in [0.1, 0.15) is 11.9 Å². The Labute approximate surface area is 198 Å². The summed E-state index contributed by atoms with van der Waals surface area (Å²) in [5, 5.41) is 20.3. The van der Waals surface area contributed by atoms with Gasteiger partial charge < -0.3 is 15.7 Å². The molecule has 34 heavy (non-hydrogen) atoms. The highest BCUT2D eigenvalue weighted by atomic mass is 19.1. The average Bonchev–Trinajstić information content (AvgIpc) is 3.48. The van der Waals surface area contributed by atoms with Crippen LogP contribution in [0.5, 0.6) is 0 Å². The van der Waals surface area contributed by atoms with Crippen molar-refractivity contribution < 1.29 is 19.1 Å². The molecule has 0 unspecified atom stereocenters. The first-order valence-electron chi connectivity index (χ1n) is 11.6. The van der Waals surface area contributed by atoms with Crippen LogP contribution < -0.4 is 10.6 Å². The molecule has 0 saturated heterocycles. The summed E-state index contributed by atoms with van der Waals surface area (Å²) in [6, 6.07) is 12.8. The zero-order chi connectivity index (χ0) is 24.5. The summed E-state index contributed by atoms with van der Waals surface area (Å²) in [6.07, 6.45) is 0.904. The Hall–Kier alpha value is -3.26. The van der Waals surface area contributed by atoms with Crippen molar-refractivity contribution >= 4 is 22.7 Å². The van der Waals surface area contributed by atoms with Crippen molar-refractivity contribution in [2.24, 2.45) is 17.3 Å². The van der Waals surface area contributed by atoms with E-state index in [0.29, 0.717) is 18.5 Å². The quantitative estimate of drug-likeness (QED) is 0.475. The number of fused-ring (bicyclic) bond motifs is 1. The number of amides is 2. The zero-order valence-corrected chi connectivity index (χ0v) is 19.7. The predicted molar refractivity (Wildman–Crippen MR) is 128 cm³/mol. The number of halogens is 1. The van der Waals surface area contributed by atoms with E-state index in [9.17, 15) is 19.1 Å². The normalized spacial score (nSPS) is 18.5. The van der Waals surface area contributed by atoms with Gasteiger partial charge in [0.15, 0.2) is 5.69 Å². The molecule has 7 nitrogen and oxygen atoms in total. The van der Waals surface area contributed by atoms with Crippen LogP contribution in [-0.2, 0) is 11.3 Å². The van der Waals surface area contributed by atoms with Gasteiger partial charge in [0.25, 0.3) is 5.91 Å². The summed E-state index contributed by atoms with van der Waals surface area (Å²) >= 11 is 0. The number of nitrogens with one attached hydrogen (secondary N) is 2. The molecule has 8 heteroatoms. The topological polar surface area (TPSA) is 96.2 Å². The summed E-state index contributed by atoms with van der Waals surface area (Å²) in [5.41, 5.74) is 1.35. The van der Waals surface area contributed by atoms with Crippen LogP contribution in [0.3, 0.4) is 0 Å². The Morgan fingerprint density at radius 3 is 2.50 bits per heavy atom. The molecule has 0 aliphatic heterocycles. The second kappa shape index (κ2) is 9.54. The number of nitrogens with zero attached hydrogens (tertiary/aromatic N) is 2. The summed E-state index contributed by atoms with van der Waals surface area (Å²) in [4.78, 5) is 26.3. The third-order valence-corrected chi connectivity index (χ3v) is 6.36. The van der Waals surface area contributed by atoms with Crippen LogP contribution in [0.25, 0.3) is 10.9 Å². The smallest absolute Gasteiger partial charge is 0.273 e. The number of aliphatic hydroxyl groups excluding tert-OH is 1. The molecule has 3 N–H and O–H groups in total. The highest BCUT2D eigenvalue weighted by Gasteiger charge is 2.38. The van der Waals surface area contributed by atoms with E-state index in [0.717, 1.165) is 17.5 Å². The van der Waals surface area contributed by atoms with Gasteiger partial charge in [-0.3, -0.25) is 14.3 Å². The van der Waals surface area contributed by atoms with Crippen molar-refractivity contribution in [1.29, 1.82) is 0 Å². The molecule has 0 bridgehead atoms. The van der Waals surface area contributed by atoms with Crippen molar-refractivity contribution in [2.45, 2.75) is 39.8 Å². The molecular formula is C26H31FN4O3. The highest BCUT2D eigenvalue weighted by molar-refractivity contribution is 6.06. The third kappa shape index (κ3) is 5.28. The third-order valence-electron chi connectivity index (χ3n) is 6.36. The molecule has 3 aromatic rings. The van der Waals surface area contributed by atoms with Gasteiger partial charge in [-0.25, -0.2) is 4.39 Å². The first-order chi connectivity index (χ1) is 16.2. The van der Waals surface area contributed by atoms with Crippen molar-refractivity contribution in [3.05, 3.63) is 65.6 Å². The molecule has 1 aromatic heterocycles. The largest absolute Gasteiger partial charge is 0.396 e. The maximum Gasteiger partial charge on any atom is 0.273 e. The van der Waals surface area contributed by atoms with Crippen LogP contribution in [0.15, 0.2) is 48.5 Å². The first kappa shape index (κ1) is 23.9. The van der Waals surface area contributed by atoms with Gasteiger partial charge in [-0.15, -0.1) is 0 Å². The molecule has 0 spiro atoms. The van der Waals surface area contributed by atoms with Gasteiger partial charge in [-0.2, -0.15) is 5.10 Å². The Balaban J connectivity index is 1.54. The minimum Gasteiger partial charge on any atom is -0.396 e. The summed E-state index contributed by atoms with van der Waals surface area (Å²) in [5.74, 6) is -0.451. The van der Waals surface area contributed by atoms with E-state index >= 15 is 0 Å². The van der Waals surface area contributed by atoms with E-state index in [4.69, 9.17) is 0 Å². The Morgan fingerprint density at radius 1 is 1.15 bits per heavy atom. The molecule has 1 saturated carbocycles. The van der Waals surface area contributed by atoms with E-state index in [1.54, 1.807) is 16.8 Å². The summed E-state index contributed by atoms with van der Waals surface area (Å²) < 4.78 is 15.0. The van der Waals surface area contributed by atoms with E-state index in [2.05, 4.69) is 15.7 Å². The van der Waals surface area contributed by atoms with Crippen LogP contribution in [-0.4, -0.2) is 45.9 Å². The second-order valence-electron chi connectivity index (χ2n) is 10.1. The molecule has 0 radical (unpaired) electrons. The lowest BCUT2D eigenvalue weighted by Gasteiger charge is -2.30. The fourth-order valence-corrected chi connectivity index (χ4v) is 4.17. The zero-order valence-electron chi connectivity index (χ0n) is 19.7. The van der Waals surface area contributed by atoms with Crippen molar-refractivity contribution in [1.82, 2.24) is 20.4 Å². The van der Waals surface area contributed by atoms with Gasteiger partial charge in [0.2, 0.25) is 5.91 Å². The maximum absolute atomic E-state index is 13.3. The van der Waals surface area contributed by atoms with Gasteiger partial charge in [-0.05, 0) is 47.4 Å². The average molecular weight is 467 g/mol. The van der Waals surface area contributed by atoms with Crippen LogP contribution in [0, 0.1) is 23.1 Å². The van der Waals surface area contributed by atoms with Crippen molar-refractivity contribution in [3.8, 4) is 0 Å². The monoisotopic (exact) mass is 466 g/mol. The maximum atomic E-state index is 13.3. The van der Waals surface area contributed by atoms with Crippen LogP contribution >= 0.6 is 0 Å². The molecule has 2 aromatic carbocycles. The molecule has 1 heterocycles. The van der Waals surface area contributed by atoms with Gasteiger partial charge in [0.05, 0.1) is 12.1 Å². The fraction of sp³-hybridized carbons (Fsp3) is 0.423. The number of aromatic nitrogens is 2. The lowest BCUT2D eigenvalue weighted by Crippen LogP contribution is -2.54. The highest BCUT2D eigenvalue weighted by Crippen LogP contribution is 2.37. The number of hydrogen-bond acceptors (Lipinski definition) is 4. The molecule has 180 valence electrons. The van der Waals surface area contributed by atoms with Gasteiger partial charge in [-0.1, -0.05) is 51.1 Å². The van der Waals surface area contributed by atoms with Crippen LogP contribution in [0.1, 0.15) is 43.2 Å². The number of carbonyl (C=O) groups excluding carboxylic acids is 2. The SMILES string of the molecule is CC(C)(C)[C@H](NC(=O)c1nn(Cc2ccc(F)cc2)c2ccccc12)C(=O)NC[C@H]1C[C@H]1CO. The first-order valence-corrected chi connectivity index (χ1v) is 11.6. The molecule has 4 rings (SSSR count). The molecule has 2 amide bonds. The molecule has 1 aliphatic rings.